The molecule has 0 radical (unpaired) electrons. The summed E-state index contributed by atoms with van der Waals surface area (Å²) in [5.74, 6) is 1.52. The molecule has 0 aliphatic heterocycles. The van der Waals surface area contributed by atoms with E-state index in [9.17, 15) is 0 Å². The van der Waals surface area contributed by atoms with Gasteiger partial charge in [-0.15, -0.1) is 0 Å². The van der Waals surface area contributed by atoms with Crippen molar-refractivity contribution in [2.75, 3.05) is 25.6 Å². The highest BCUT2D eigenvalue weighted by molar-refractivity contribution is 6.32. The second kappa shape index (κ2) is 6.90. The number of halogens is 1. The van der Waals surface area contributed by atoms with Crippen LogP contribution in [0.15, 0.2) is 48.5 Å². The van der Waals surface area contributed by atoms with Gasteiger partial charge in [0, 0.05) is 6.54 Å². The first kappa shape index (κ1) is 13.6. The minimum Gasteiger partial charge on any atom is -0.495 e. The van der Waals surface area contributed by atoms with Gasteiger partial charge >= 0.3 is 0 Å². The standard InChI is InChI=1S/C15H16ClNO2/c1-18-15-9-5-3-7-13(15)17-10-11-19-14-8-4-2-6-12(14)16/h2-9,17H,10-11H2,1H3. The molecule has 0 heterocycles. The van der Waals surface area contributed by atoms with Crippen molar-refractivity contribution in [3.05, 3.63) is 53.6 Å². The predicted octanol–water partition coefficient (Wildman–Crippen LogP) is 3.84. The molecule has 0 aliphatic carbocycles. The highest BCUT2D eigenvalue weighted by Crippen LogP contribution is 2.24. The second-order valence-corrected chi connectivity index (χ2v) is 4.31. The van der Waals surface area contributed by atoms with E-state index in [4.69, 9.17) is 21.1 Å². The first-order valence-corrected chi connectivity index (χ1v) is 6.43. The van der Waals surface area contributed by atoms with E-state index in [1.807, 2.05) is 48.5 Å². The van der Waals surface area contributed by atoms with Crippen molar-refractivity contribution in [3.8, 4) is 11.5 Å². The zero-order valence-electron chi connectivity index (χ0n) is 10.7. The SMILES string of the molecule is COc1ccccc1NCCOc1ccccc1Cl. The summed E-state index contributed by atoms with van der Waals surface area (Å²) in [5, 5.41) is 3.89. The maximum absolute atomic E-state index is 6.00. The number of benzene rings is 2. The molecule has 2 rings (SSSR count). The van der Waals surface area contributed by atoms with Gasteiger partial charge in [-0.3, -0.25) is 0 Å². The monoisotopic (exact) mass is 277 g/mol. The Morgan fingerprint density at radius 3 is 2.42 bits per heavy atom. The van der Waals surface area contributed by atoms with Crippen LogP contribution in [0.5, 0.6) is 11.5 Å². The third-order valence-electron chi connectivity index (χ3n) is 2.62. The molecule has 19 heavy (non-hydrogen) atoms. The lowest BCUT2D eigenvalue weighted by Crippen LogP contribution is -2.12. The summed E-state index contributed by atoms with van der Waals surface area (Å²) < 4.78 is 10.9. The number of hydrogen-bond acceptors (Lipinski definition) is 3. The number of hydrogen-bond donors (Lipinski definition) is 1. The van der Waals surface area contributed by atoms with Gasteiger partial charge in [-0.2, -0.15) is 0 Å². The molecular weight excluding hydrogens is 262 g/mol. The molecular formula is C15H16ClNO2. The van der Waals surface area contributed by atoms with Crippen LogP contribution < -0.4 is 14.8 Å². The van der Waals surface area contributed by atoms with Gasteiger partial charge in [-0.05, 0) is 24.3 Å². The average Bonchev–Trinajstić information content (AvgIpc) is 2.45. The summed E-state index contributed by atoms with van der Waals surface area (Å²) in [7, 11) is 1.65. The van der Waals surface area contributed by atoms with E-state index in [0.717, 1.165) is 11.4 Å². The minimum atomic E-state index is 0.530. The Balaban J connectivity index is 1.83. The first-order chi connectivity index (χ1) is 9.31. The number of rotatable bonds is 6. The maximum Gasteiger partial charge on any atom is 0.141 e. The minimum absolute atomic E-state index is 0.530. The van der Waals surface area contributed by atoms with Crippen molar-refractivity contribution in [2.24, 2.45) is 0 Å². The van der Waals surface area contributed by atoms with Crippen LogP contribution in [0.25, 0.3) is 0 Å². The highest BCUT2D eigenvalue weighted by atomic mass is 35.5. The van der Waals surface area contributed by atoms with Crippen molar-refractivity contribution in [3.63, 3.8) is 0 Å². The Morgan fingerprint density at radius 1 is 1.00 bits per heavy atom. The molecule has 0 fully saturated rings. The molecule has 0 unspecified atom stereocenters. The van der Waals surface area contributed by atoms with Gasteiger partial charge in [0.2, 0.25) is 0 Å². The predicted molar refractivity (Wildman–Crippen MR) is 78.4 cm³/mol. The van der Waals surface area contributed by atoms with Gasteiger partial charge in [0.15, 0.2) is 0 Å². The molecule has 0 bridgehead atoms. The van der Waals surface area contributed by atoms with Gasteiger partial charge in [-0.25, -0.2) is 0 Å². The van der Waals surface area contributed by atoms with Crippen LogP contribution >= 0.6 is 11.6 Å². The molecule has 0 amide bonds. The van der Waals surface area contributed by atoms with Crippen LogP contribution in [0.2, 0.25) is 5.02 Å². The molecule has 0 aromatic heterocycles. The summed E-state index contributed by atoms with van der Waals surface area (Å²) in [5.41, 5.74) is 0.952. The number of ether oxygens (including phenoxy) is 2. The van der Waals surface area contributed by atoms with Crippen LogP contribution in [-0.4, -0.2) is 20.3 Å². The van der Waals surface area contributed by atoms with Crippen molar-refractivity contribution in [2.45, 2.75) is 0 Å². The van der Waals surface area contributed by atoms with E-state index in [2.05, 4.69) is 5.32 Å². The van der Waals surface area contributed by atoms with Gasteiger partial charge in [0.1, 0.15) is 18.1 Å². The van der Waals surface area contributed by atoms with Gasteiger partial charge < -0.3 is 14.8 Å². The fourth-order valence-corrected chi connectivity index (χ4v) is 1.89. The molecule has 0 aliphatic rings. The molecule has 2 aromatic rings. The number of nitrogens with one attached hydrogen (secondary N) is 1. The molecule has 4 heteroatoms. The lowest BCUT2D eigenvalue weighted by Gasteiger charge is -2.12. The summed E-state index contributed by atoms with van der Waals surface area (Å²) in [6.07, 6.45) is 0. The second-order valence-electron chi connectivity index (χ2n) is 3.91. The Kier molecular flexibility index (Phi) is 4.93. The van der Waals surface area contributed by atoms with Gasteiger partial charge in [0.25, 0.3) is 0 Å². The molecule has 0 spiro atoms. The average molecular weight is 278 g/mol. The zero-order chi connectivity index (χ0) is 13.5. The number of anilines is 1. The van der Waals surface area contributed by atoms with Crippen LogP contribution in [0.3, 0.4) is 0 Å². The lowest BCUT2D eigenvalue weighted by atomic mass is 10.3. The van der Waals surface area contributed by atoms with E-state index in [1.165, 1.54) is 0 Å². The molecule has 0 saturated heterocycles. The van der Waals surface area contributed by atoms with E-state index in [0.29, 0.717) is 23.9 Å². The maximum atomic E-state index is 6.00. The summed E-state index contributed by atoms with van der Waals surface area (Å²) in [6, 6.07) is 15.2. The van der Waals surface area contributed by atoms with E-state index >= 15 is 0 Å². The molecule has 1 N–H and O–H groups in total. The third kappa shape index (κ3) is 3.80. The van der Waals surface area contributed by atoms with Crippen molar-refractivity contribution < 1.29 is 9.47 Å². The largest absolute Gasteiger partial charge is 0.495 e. The fourth-order valence-electron chi connectivity index (χ4n) is 1.70. The van der Waals surface area contributed by atoms with Crippen LogP contribution in [-0.2, 0) is 0 Å². The van der Waals surface area contributed by atoms with Crippen LogP contribution in [0.1, 0.15) is 0 Å². The molecule has 3 nitrogen and oxygen atoms in total. The zero-order valence-corrected chi connectivity index (χ0v) is 11.5. The summed E-state index contributed by atoms with van der Waals surface area (Å²) in [4.78, 5) is 0. The summed E-state index contributed by atoms with van der Waals surface area (Å²) >= 11 is 6.00. The fraction of sp³-hybridized carbons (Fsp3) is 0.200. The van der Waals surface area contributed by atoms with Crippen molar-refractivity contribution in [1.82, 2.24) is 0 Å². The van der Waals surface area contributed by atoms with E-state index in [-0.39, 0.29) is 0 Å². The van der Waals surface area contributed by atoms with E-state index < -0.39 is 0 Å². The van der Waals surface area contributed by atoms with Crippen LogP contribution in [0, 0.1) is 0 Å². The van der Waals surface area contributed by atoms with Crippen molar-refractivity contribution >= 4 is 17.3 Å². The Bertz CT molecular complexity index is 531. The highest BCUT2D eigenvalue weighted by Gasteiger charge is 2.01. The number of methoxy groups -OCH3 is 1. The van der Waals surface area contributed by atoms with Gasteiger partial charge in [0.05, 0.1) is 17.8 Å². The molecule has 100 valence electrons. The smallest absolute Gasteiger partial charge is 0.141 e. The molecule has 2 aromatic carbocycles. The summed E-state index contributed by atoms with van der Waals surface area (Å²) in [6.45, 7) is 1.20. The van der Waals surface area contributed by atoms with Gasteiger partial charge in [-0.1, -0.05) is 35.9 Å². The Labute approximate surface area is 118 Å². The lowest BCUT2D eigenvalue weighted by molar-refractivity contribution is 0.332. The molecule has 0 saturated carbocycles. The number of para-hydroxylation sites is 3. The first-order valence-electron chi connectivity index (χ1n) is 6.05. The Hall–Kier alpha value is -1.87. The van der Waals surface area contributed by atoms with E-state index in [1.54, 1.807) is 7.11 Å². The Morgan fingerprint density at radius 2 is 1.68 bits per heavy atom. The molecule has 0 atom stereocenters. The normalized spacial score (nSPS) is 10.0. The van der Waals surface area contributed by atoms with Crippen LogP contribution in [0.4, 0.5) is 5.69 Å². The third-order valence-corrected chi connectivity index (χ3v) is 2.93. The topological polar surface area (TPSA) is 30.5 Å². The van der Waals surface area contributed by atoms with Crippen molar-refractivity contribution in [1.29, 1.82) is 0 Å². The quantitative estimate of drug-likeness (QED) is 0.814.